The topological polar surface area (TPSA) is 16.4 Å². The largest absolute Gasteiger partial charge is 0.455 e. The second-order valence-electron chi connectivity index (χ2n) is 18.0. The molecule has 0 saturated heterocycles. The van der Waals surface area contributed by atoms with Gasteiger partial charge in [0.1, 0.15) is 11.2 Å². The molecule has 0 N–H and O–H groups in total. The SMILES string of the molecule is c1ccc(-c2ccc(N(c3ccc(-c4cccc5c4oc4ccccc45)cc3)c3ccccc3-c3cccc(-c4ccc5c(c4)-c4ccccc4C5(c4ccccc4)c4ccccc4)c3)cc2)cc1. The minimum Gasteiger partial charge on any atom is -0.455 e. The Morgan fingerprint density at radius 1 is 0.290 bits per heavy atom. The molecule has 11 aromatic carbocycles. The summed E-state index contributed by atoms with van der Waals surface area (Å²) in [6, 6.07) is 99.1. The highest BCUT2D eigenvalue weighted by molar-refractivity contribution is 6.09. The molecule has 0 unspecified atom stereocenters. The van der Waals surface area contributed by atoms with Crippen molar-refractivity contribution in [2.45, 2.75) is 5.41 Å². The summed E-state index contributed by atoms with van der Waals surface area (Å²) in [5.74, 6) is 0. The van der Waals surface area contributed by atoms with E-state index in [1.807, 2.05) is 12.1 Å². The molecule has 0 radical (unpaired) electrons. The van der Waals surface area contributed by atoms with Crippen molar-refractivity contribution in [3.8, 4) is 55.6 Å². The van der Waals surface area contributed by atoms with Crippen LogP contribution in [0.3, 0.4) is 0 Å². The second kappa shape index (κ2) is 16.7. The van der Waals surface area contributed by atoms with Crippen LogP contribution in [0.4, 0.5) is 17.1 Å². The Morgan fingerprint density at radius 2 is 0.783 bits per heavy atom. The first-order chi connectivity index (χ1) is 34.2. The highest BCUT2D eigenvalue weighted by atomic mass is 16.3. The number of furan rings is 1. The number of anilines is 3. The number of para-hydroxylation sites is 3. The quantitative estimate of drug-likeness (QED) is 0.144. The van der Waals surface area contributed by atoms with E-state index in [1.54, 1.807) is 0 Å². The van der Waals surface area contributed by atoms with E-state index in [2.05, 4.69) is 266 Å². The van der Waals surface area contributed by atoms with Crippen molar-refractivity contribution in [3.63, 3.8) is 0 Å². The van der Waals surface area contributed by atoms with Crippen LogP contribution in [0.2, 0.25) is 0 Å². The molecular formula is C67H45NO. The van der Waals surface area contributed by atoms with Gasteiger partial charge in [-0.1, -0.05) is 224 Å². The molecule has 1 aromatic heterocycles. The minimum absolute atomic E-state index is 0.435. The molecule has 0 aliphatic heterocycles. The molecule has 13 rings (SSSR count). The lowest BCUT2D eigenvalue weighted by atomic mass is 9.67. The van der Waals surface area contributed by atoms with Gasteiger partial charge in [-0.15, -0.1) is 0 Å². The van der Waals surface area contributed by atoms with Gasteiger partial charge >= 0.3 is 0 Å². The number of benzene rings is 11. The molecular weight excluding hydrogens is 835 g/mol. The Hall–Kier alpha value is -8.98. The molecule has 1 heterocycles. The zero-order valence-corrected chi connectivity index (χ0v) is 37.8. The summed E-state index contributed by atoms with van der Waals surface area (Å²) in [5.41, 5.74) is 21.5. The third-order valence-electron chi connectivity index (χ3n) is 14.2. The van der Waals surface area contributed by atoms with E-state index in [1.165, 1.54) is 55.6 Å². The first-order valence-corrected chi connectivity index (χ1v) is 23.7. The fourth-order valence-electron chi connectivity index (χ4n) is 11.0. The summed E-state index contributed by atoms with van der Waals surface area (Å²) in [6.45, 7) is 0. The molecule has 0 amide bonds. The van der Waals surface area contributed by atoms with E-state index in [-0.39, 0.29) is 0 Å². The predicted molar refractivity (Wildman–Crippen MR) is 287 cm³/mol. The molecule has 1 aliphatic carbocycles. The lowest BCUT2D eigenvalue weighted by molar-refractivity contribution is 0.670. The molecule has 0 spiro atoms. The van der Waals surface area contributed by atoms with Gasteiger partial charge in [0.15, 0.2) is 0 Å². The molecule has 1 aliphatic rings. The van der Waals surface area contributed by atoms with Crippen LogP contribution in [0, 0.1) is 0 Å². The minimum atomic E-state index is -0.435. The number of hydrogen-bond acceptors (Lipinski definition) is 2. The third kappa shape index (κ3) is 6.72. The molecule has 324 valence electrons. The monoisotopic (exact) mass is 879 g/mol. The van der Waals surface area contributed by atoms with Gasteiger partial charge in [-0.2, -0.15) is 0 Å². The zero-order chi connectivity index (χ0) is 45.7. The van der Waals surface area contributed by atoms with Crippen molar-refractivity contribution in [1.82, 2.24) is 0 Å². The van der Waals surface area contributed by atoms with Crippen molar-refractivity contribution in [2.24, 2.45) is 0 Å². The van der Waals surface area contributed by atoms with E-state index >= 15 is 0 Å². The average Bonchev–Trinajstić information content (AvgIpc) is 3.96. The predicted octanol–water partition coefficient (Wildman–Crippen LogP) is 18.1. The Balaban J connectivity index is 0.922. The zero-order valence-electron chi connectivity index (χ0n) is 37.8. The third-order valence-corrected chi connectivity index (χ3v) is 14.2. The highest BCUT2D eigenvalue weighted by Gasteiger charge is 2.46. The van der Waals surface area contributed by atoms with E-state index in [0.29, 0.717) is 0 Å². The Kier molecular flexibility index (Phi) is 9.77. The Labute approximate surface area is 402 Å². The molecule has 12 aromatic rings. The maximum atomic E-state index is 6.48. The Morgan fingerprint density at radius 3 is 1.52 bits per heavy atom. The summed E-state index contributed by atoms with van der Waals surface area (Å²) in [7, 11) is 0. The van der Waals surface area contributed by atoms with Crippen LogP contribution in [-0.4, -0.2) is 0 Å². The van der Waals surface area contributed by atoms with Crippen molar-refractivity contribution in [1.29, 1.82) is 0 Å². The van der Waals surface area contributed by atoms with E-state index in [4.69, 9.17) is 4.42 Å². The number of hydrogen-bond donors (Lipinski definition) is 0. The van der Waals surface area contributed by atoms with E-state index in [0.717, 1.165) is 61.3 Å². The first kappa shape index (κ1) is 40.3. The Bertz CT molecular complexity index is 3780. The van der Waals surface area contributed by atoms with Crippen molar-refractivity contribution in [2.75, 3.05) is 4.90 Å². The molecule has 0 fully saturated rings. The van der Waals surface area contributed by atoms with E-state index < -0.39 is 5.41 Å². The molecule has 2 nitrogen and oxygen atoms in total. The van der Waals surface area contributed by atoms with Gasteiger partial charge in [0.2, 0.25) is 0 Å². The fraction of sp³-hybridized carbons (Fsp3) is 0.0149. The number of nitrogens with zero attached hydrogens (tertiary/aromatic N) is 1. The summed E-state index contributed by atoms with van der Waals surface area (Å²) in [4.78, 5) is 2.39. The summed E-state index contributed by atoms with van der Waals surface area (Å²) in [6.07, 6.45) is 0. The lowest BCUT2D eigenvalue weighted by Crippen LogP contribution is -2.28. The molecule has 0 atom stereocenters. The van der Waals surface area contributed by atoms with Crippen LogP contribution in [0.15, 0.2) is 277 Å². The normalized spacial score (nSPS) is 12.5. The number of rotatable bonds is 9. The summed E-state index contributed by atoms with van der Waals surface area (Å²) >= 11 is 0. The van der Waals surface area contributed by atoms with E-state index in [9.17, 15) is 0 Å². The molecule has 2 heteroatoms. The standard InChI is InChI=1S/C67H45NO/c1-4-18-46(19-5-1)47-34-39-54(40-35-47)68(55-41-36-48(37-42-55)57-29-17-30-60-59-28-12-15-33-65(59)69-66(57)60)64-32-14-11-26-56(64)51-21-16-20-49(44-51)50-38-43-63-61(45-50)58-27-10-13-31-62(58)67(63,52-22-6-2-7-23-52)53-24-8-3-9-25-53/h1-45H. The maximum absolute atomic E-state index is 6.48. The van der Waals surface area contributed by atoms with Gasteiger partial charge in [0.25, 0.3) is 0 Å². The van der Waals surface area contributed by atoms with Crippen LogP contribution in [0.25, 0.3) is 77.6 Å². The smallest absolute Gasteiger partial charge is 0.143 e. The average molecular weight is 880 g/mol. The highest BCUT2D eigenvalue weighted by Crippen LogP contribution is 2.57. The van der Waals surface area contributed by atoms with Gasteiger partial charge in [-0.25, -0.2) is 0 Å². The maximum Gasteiger partial charge on any atom is 0.143 e. The molecule has 0 bridgehead atoms. The second-order valence-corrected chi connectivity index (χ2v) is 18.0. The van der Waals surface area contributed by atoms with Crippen LogP contribution < -0.4 is 4.90 Å². The van der Waals surface area contributed by atoms with Gasteiger partial charge in [0, 0.05) is 33.3 Å². The number of fused-ring (bicyclic) bond motifs is 6. The van der Waals surface area contributed by atoms with Crippen LogP contribution in [0.5, 0.6) is 0 Å². The molecule has 0 saturated carbocycles. The van der Waals surface area contributed by atoms with Crippen molar-refractivity contribution >= 4 is 39.0 Å². The van der Waals surface area contributed by atoms with Crippen molar-refractivity contribution in [3.05, 3.63) is 295 Å². The van der Waals surface area contributed by atoms with Crippen LogP contribution >= 0.6 is 0 Å². The van der Waals surface area contributed by atoms with Gasteiger partial charge in [0.05, 0.1) is 11.1 Å². The van der Waals surface area contributed by atoms with Gasteiger partial charge in [-0.05, 0) is 115 Å². The van der Waals surface area contributed by atoms with Gasteiger partial charge < -0.3 is 9.32 Å². The van der Waals surface area contributed by atoms with Crippen LogP contribution in [-0.2, 0) is 5.41 Å². The lowest BCUT2D eigenvalue weighted by Gasteiger charge is -2.33. The van der Waals surface area contributed by atoms with Gasteiger partial charge in [-0.3, -0.25) is 0 Å². The first-order valence-electron chi connectivity index (χ1n) is 23.7. The van der Waals surface area contributed by atoms with Crippen molar-refractivity contribution < 1.29 is 4.42 Å². The fourth-order valence-corrected chi connectivity index (χ4v) is 11.0. The van der Waals surface area contributed by atoms with Crippen LogP contribution in [0.1, 0.15) is 22.3 Å². The molecule has 69 heavy (non-hydrogen) atoms. The summed E-state index contributed by atoms with van der Waals surface area (Å²) in [5, 5.41) is 2.26. The summed E-state index contributed by atoms with van der Waals surface area (Å²) < 4.78 is 6.48.